The Bertz CT molecular complexity index is 412. The first-order valence-corrected chi connectivity index (χ1v) is 12.4. The maximum atomic E-state index is 11.8. The van der Waals surface area contributed by atoms with Crippen molar-refractivity contribution in [2.24, 2.45) is 10.8 Å². The maximum Gasteiger partial charge on any atom is 0.305 e. The van der Waals surface area contributed by atoms with Crippen molar-refractivity contribution >= 4 is 11.9 Å². The van der Waals surface area contributed by atoms with Gasteiger partial charge >= 0.3 is 11.9 Å². The maximum absolute atomic E-state index is 11.8. The third-order valence-corrected chi connectivity index (χ3v) is 5.61. The molecule has 0 fully saturated rings. The number of ether oxygens (including phenoxy) is 2. The highest BCUT2D eigenvalue weighted by Gasteiger charge is 2.19. The van der Waals surface area contributed by atoms with Crippen LogP contribution in [-0.4, -0.2) is 25.2 Å². The van der Waals surface area contributed by atoms with Crippen LogP contribution in [0, 0.1) is 10.8 Å². The van der Waals surface area contributed by atoms with E-state index in [1.165, 1.54) is 25.7 Å². The lowest BCUT2D eigenvalue weighted by atomic mass is 9.89. The highest BCUT2D eigenvalue weighted by molar-refractivity contribution is 5.69. The highest BCUT2D eigenvalue weighted by Crippen LogP contribution is 2.23. The SMILES string of the molecule is CCCC(C)(C)COC(=O)CCCCCCCCCCC(=O)OCC(C)(C)CCC. The van der Waals surface area contributed by atoms with Crippen molar-refractivity contribution in [3.05, 3.63) is 0 Å². The summed E-state index contributed by atoms with van der Waals surface area (Å²) in [6, 6.07) is 0. The Kier molecular flexibility index (Phi) is 16.0. The van der Waals surface area contributed by atoms with Crippen molar-refractivity contribution in [1.29, 1.82) is 0 Å². The first kappa shape index (κ1) is 28.9. The van der Waals surface area contributed by atoms with Gasteiger partial charge in [-0.25, -0.2) is 0 Å². The predicted molar refractivity (Wildman–Crippen MR) is 125 cm³/mol. The lowest BCUT2D eigenvalue weighted by molar-refractivity contribution is -0.147. The number of esters is 2. The molecule has 0 spiro atoms. The summed E-state index contributed by atoms with van der Waals surface area (Å²) in [4.78, 5) is 23.7. The van der Waals surface area contributed by atoms with Crippen LogP contribution in [0.3, 0.4) is 0 Å². The van der Waals surface area contributed by atoms with Crippen LogP contribution in [0.25, 0.3) is 0 Å². The van der Waals surface area contributed by atoms with Crippen LogP contribution in [0.5, 0.6) is 0 Å². The van der Waals surface area contributed by atoms with E-state index in [0.29, 0.717) is 26.1 Å². The molecule has 0 radical (unpaired) electrons. The zero-order valence-electron chi connectivity index (χ0n) is 20.9. The van der Waals surface area contributed by atoms with Gasteiger partial charge < -0.3 is 9.47 Å². The normalized spacial score (nSPS) is 12.1. The summed E-state index contributed by atoms with van der Waals surface area (Å²) >= 11 is 0. The number of carbonyl (C=O) groups excluding carboxylic acids is 2. The minimum Gasteiger partial charge on any atom is -0.465 e. The molecule has 0 aromatic heterocycles. The number of unbranched alkanes of at least 4 members (excludes halogenated alkanes) is 7. The summed E-state index contributed by atoms with van der Waals surface area (Å²) in [6.07, 6.45) is 14.3. The molecule has 30 heavy (non-hydrogen) atoms. The second-order valence-corrected chi connectivity index (χ2v) is 10.5. The van der Waals surface area contributed by atoms with Gasteiger partial charge in [-0.2, -0.15) is 0 Å². The topological polar surface area (TPSA) is 52.6 Å². The Balaban J connectivity index is 3.50. The minimum absolute atomic E-state index is 0.0517. The molecular weight excluding hydrogens is 376 g/mol. The van der Waals surface area contributed by atoms with E-state index in [1.807, 2.05) is 0 Å². The fourth-order valence-corrected chi connectivity index (χ4v) is 3.79. The Hall–Kier alpha value is -1.06. The molecule has 0 saturated carbocycles. The Morgan fingerprint density at radius 2 is 0.867 bits per heavy atom. The quantitative estimate of drug-likeness (QED) is 0.157. The van der Waals surface area contributed by atoms with E-state index in [2.05, 4.69) is 41.5 Å². The molecule has 0 aromatic carbocycles. The summed E-state index contributed by atoms with van der Waals surface area (Å²) < 4.78 is 10.8. The lowest BCUT2D eigenvalue weighted by Crippen LogP contribution is -2.21. The van der Waals surface area contributed by atoms with Crippen molar-refractivity contribution in [3.63, 3.8) is 0 Å². The van der Waals surface area contributed by atoms with E-state index in [-0.39, 0.29) is 22.8 Å². The van der Waals surface area contributed by atoms with Crippen molar-refractivity contribution in [2.45, 2.75) is 131 Å². The minimum atomic E-state index is -0.0517. The Labute approximate surface area is 186 Å². The van der Waals surface area contributed by atoms with E-state index in [1.54, 1.807) is 0 Å². The molecule has 0 amide bonds. The lowest BCUT2D eigenvalue weighted by Gasteiger charge is -2.23. The zero-order chi connectivity index (χ0) is 22.9. The molecule has 0 heterocycles. The van der Waals surface area contributed by atoms with Gasteiger partial charge in [-0.05, 0) is 36.5 Å². The van der Waals surface area contributed by atoms with Crippen molar-refractivity contribution in [2.75, 3.05) is 13.2 Å². The Morgan fingerprint density at radius 3 is 1.17 bits per heavy atom. The highest BCUT2D eigenvalue weighted by atomic mass is 16.5. The summed E-state index contributed by atoms with van der Waals surface area (Å²) in [6.45, 7) is 14.0. The molecule has 178 valence electrons. The van der Waals surface area contributed by atoms with E-state index < -0.39 is 0 Å². The average molecular weight is 427 g/mol. The molecule has 0 N–H and O–H groups in total. The van der Waals surface area contributed by atoms with Crippen LogP contribution in [0.1, 0.15) is 131 Å². The van der Waals surface area contributed by atoms with Crippen molar-refractivity contribution in [1.82, 2.24) is 0 Å². The van der Waals surface area contributed by atoms with Gasteiger partial charge in [0.1, 0.15) is 0 Å². The molecule has 0 atom stereocenters. The van der Waals surface area contributed by atoms with E-state index in [9.17, 15) is 9.59 Å². The molecular formula is C26H50O4. The van der Waals surface area contributed by atoms with Crippen LogP contribution in [0.15, 0.2) is 0 Å². The number of rotatable bonds is 19. The van der Waals surface area contributed by atoms with Crippen LogP contribution >= 0.6 is 0 Å². The van der Waals surface area contributed by atoms with Gasteiger partial charge in [-0.1, -0.05) is 92.9 Å². The average Bonchev–Trinajstić information content (AvgIpc) is 2.66. The van der Waals surface area contributed by atoms with Gasteiger partial charge in [0, 0.05) is 12.8 Å². The standard InChI is InChI=1S/C26H50O4/c1-7-19-25(3,4)21-29-23(27)17-15-13-11-9-10-12-14-16-18-24(28)30-22-26(5,6)20-8-2/h7-22H2,1-6H3. The fourth-order valence-electron chi connectivity index (χ4n) is 3.79. The molecule has 0 unspecified atom stereocenters. The third-order valence-electron chi connectivity index (χ3n) is 5.61. The van der Waals surface area contributed by atoms with Crippen LogP contribution < -0.4 is 0 Å². The van der Waals surface area contributed by atoms with Crippen molar-refractivity contribution < 1.29 is 19.1 Å². The summed E-state index contributed by atoms with van der Waals surface area (Å²) in [5, 5.41) is 0. The summed E-state index contributed by atoms with van der Waals surface area (Å²) in [5.74, 6) is -0.103. The number of hydrogen-bond donors (Lipinski definition) is 0. The van der Waals surface area contributed by atoms with Gasteiger partial charge in [0.25, 0.3) is 0 Å². The van der Waals surface area contributed by atoms with E-state index in [0.717, 1.165) is 51.4 Å². The number of carbonyl (C=O) groups is 2. The molecule has 0 bridgehead atoms. The Morgan fingerprint density at radius 1 is 0.567 bits per heavy atom. The molecule has 4 heteroatoms. The molecule has 4 nitrogen and oxygen atoms in total. The first-order valence-electron chi connectivity index (χ1n) is 12.4. The third kappa shape index (κ3) is 17.8. The van der Waals surface area contributed by atoms with E-state index >= 15 is 0 Å². The van der Waals surface area contributed by atoms with Gasteiger partial charge in [0.2, 0.25) is 0 Å². The molecule has 0 aliphatic carbocycles. The molecule has 0 aromatic rings. The fraction of sp³-hybridized carbons (Fsp3) is 0.923. The van der Waals surface area contributed by atoms with Gasteiger partial charge in [-0.15, -0.1) is 0 Å². The van der Waals surface area contributed by atoms with Crippen molar-refractivity contribution in [3.8, 4) is 0 Å². The van der Waals surface area contributed by atoms with Gasteiger partial charge in [0.15, 0.2) is 0 Å². The van der Waals surface area contributed by atoms with E-state index in [4.69, 9.17) is 9.47 Å². The summed E-state index contributed by atoms with van der Waals surface area (Å²) in [5.41, 5.74) is 0.180. The second kappa shape index (κ2) is 16.6. The van der Waals surface area contributed by atoms with Crippen LogP contribution in [0.4, 0.5) is 0 Å². The monoisotopic (exact) mass is 426 g/mol. The predicted octanol–water partition coefficient (Wildman–Crippen LogP) is 7.63. The first-order chi connectivity index (χ1) is 14.1. The van der Waals surface area contributed by atoms with Crippen LogP contribution in [-0.2, 0) is 19.1 Å². The second-order valence-electron chi connectivity index (χ2n) is 10.5. The smallest absolute Gasteiger partial charge is 0.305 e. The molecule has 0 aliphatic rings. The zero-order valence-corrected chi connectivity index (χ0v) is 20.9. The summed E-state index contributed by atoms with van der Waals surface area (Å²) in [7, 11) is 0. The van der Waals surface area contributed by atoms with Gasteiger partial charge in [0.05, 0.1) is 13.2 Å². The molecule has 0 saturated heterocycles. The molecule has 0 rings (SSSR count). The number of hydrogen-bond acceptors (Lipinski definition) is 4. The van der Waals surface area contributed by atoms with Crippen LogP contribution in [0.2, 0.25) is 0 Å². The van der Waals surface area contributed by atoms with Gasteiger partial charge in [-0.3, -0.25) is 9.59 Å². The largest absolute Gasteiger partial charge is 0.465 e. The molecule has 0 aliphatic heterocycles.